The lowest BCUT2D eigenvalue weighted by atomic mass is 10.0. The fraction of sp³-hybridized carbons (Fsp3) is 0.875. The molecule has 0 aromatic heterocycles. The molecule has 1 aliphatic rings. The summed E-state index contributed by atoms with van der Waals surface area (Å²) in [5.41, 5.74) is 0. The molecule has 1 aliphatic heterocycles. The zero-order chi connectivity index (χ0) is 11.5. The average Bonchev–Trinajstić information content (AvgIpc) is 2.49. The number of nitrogens with one attached hydrogen (secondary N) is 2. The minimum absolute atomic E-state index is 0.100. The van der Waals surface area contributed by atoms with Crippen LogP contribution in [0.4, 0.5) is 0 Å². The van der Waals surface area contributed by atoms with Crippen LogP contribution in [-0.2, 0) is 19.6 Å². The van der Waals surface area contributed by atoms with Crippen LogP contribution in [0.1, 0.15) is 6.92 Å². The number of hydrogen-bond acceptors (Lipinski definition) is 5. The van der Waals surface area contributed by atoms with E-state index in [1.54, 1.807) is 0 Å². The van der Waals surface area contributed by atoms with Crippen molar-refractivity contribution in [2.45, 2.75) is 13.0 Å². The van der Waals surface area contributed by atoms with E-state index in [0.29, 0.717) is 6.61 Å². The standard InChI is InChI=1S/C8H16N2O4S/c1-3-9-7-5-14-4-6(7)8(11)10-15(2,12)13/h6-7,9H,3-5H2,1-2H3,(H,10,11). The van der Waals surface area contributed by atoms with Gasteiger partial charge >= 0.3 is 0 Å². The van der Waals surface area contributed by atoms with Gasteiger partial charge in [-0.2, -0.15) is 0 Å². The Bertz CT molecular complexity index is 328. The van der Waals surface area contributed by atoms with Gasteiger partial charge in [0, 0.05) is 6.04 Å². The van der Waals surface area contributed by atoms with Gasteiger partial charge < -0.3 is 10.1 Å². The molecule has 1 heterocycles. The first kappa shape index (κ1) is 12.4. The van der Waals surface area contributed by atoms with Crippen LogP contribution in [0.3, 0.4) is 0 Å². The summed E-state index contributed by atoms with van der Waals surface area (Å²) in [7, 11) is -3.48. The van der Waals surface area contributed by atoms with Gasteiger partial charge in [0.25, 0.3) is 0 Å². The summed E-state index contributed by atoms with van der Waals surface area (Å²) in [6.45, 7) is 3.34. The topological polar surface area (TPSA) is 84.5 Å². The molecule has 2 atom stereocenters. The second kappa shape index (κ2) is 4.91. The van der Waals surface area contributed by atoms with Crippen LogP contribution in [0.5, 0.6) is 0 Å². The van der Waals surface area contributed by atoms with Crippen LogP contribution in [0.2, 0.25) is 0 Å². The molecule has 0 radical (unpaired) electrons. The monoisotopic (exact) mass is 236 g/mol. The molecule has 0 spiro atoms. The van der Waals surface area contributed by atoms with E-state index >= 15 is 0 Å². The summed E-state index contributed by atoms with van der Waals surface area (Å²) in [6.07, 6.45) is 0.961. The quantitative estimate of drug-likeness (QED) is 0.633. The van der Waals surface area contributed by atoms with Gasteiger partial charge in [0.1, 0.15) is 0 Å². The number of amides is 1. The molecular formula is C8H16N2O4S. The van der Waals surface area contributed by atoms with E-state index in [1.807, 2.05) is 11.6 Å². The highest BCUT2D eigenvalue weighted by Crippen LogP contribution is 2.13. The minimum Gasteiger partial charge on any atom is -0.379 e. The van der Waals surface area contributed by atoms with Crippen LogP contribution >= 0.6 is 0 Å². The SMILES string of the molecule is CCNC1COCC1C(=O)NS(C)(=O)=O. The van der Waals surface area contributed by atoms with Gasteiger partial charge in [0.05, 0.1) is 25.4 Å². The summed E-state index contributed by atoms with van der Waals surface area (Å²) in [5, 5.41) is 3.08. The summed E-state index contributed by atoms with van der Waals surface area (Å²) >= 11 is 0. The number of likely N-dealkylation sites (N-methyl/N-ethyl adjacent to an activating group) is 1. The number of hydrogen-bond donors (Lipinski definition) is 2. The molecule has 7 heteroatoms. The van der Waals surface area contributed by atoms with Gasteiger partial charge in [-0.05, 0) is 6.54 Å². The molecule has 88 valence electrons. The maximum Gasteiger partial charge on any atom is 0.240 e. The predicted octanol–water partition coefficient (Wildman–Crippen LogP) is -1.31. The first-order valence-corrected chi connectivity index (χ1v) is 6.66. The van der Waals surface area contributed by atoms with Gasteiger partial charge in [-0.3, -0.25) is 9.52 Å². The van der Waals surface area contributed by atoms with Crippen molar-refractivity contribution in [1.82, 2.24) is 10.0 Å². The maximum atomic E-state index is 11.5. The lowest BCUT2D eigenvalue weighted by Gasteiger charge is -2.16. The highest BCUT2D eigenvalue weighted by atomic mass is 32.2. The van der Waals surface area contributed by atoms with E-state index in [-0.39, 0.29) is 12.6 Å². The molecule has 6 nitrogen and oxygen atoms in total. The normalized spacial score (nSPS) is 26.5. The predicted molar refractivity (Wildman–Crippen MR) is 54.8 cm³/mol. The van der Waals surface area contributed by atoms with E-state index in [2.05, 4.69) is 5.32 Å². The van der Waals surface area contributed by atoms with Crippen molar-refractivity contribution in [3.05, 3.63) is 0 Å². The van der Waals surface area contributed by atoms with Crippen molar-refractivity contribution in [3.8, 4) is 0 Å². The van der Waals surface area contributed by atoms with Crippen molar-refractivity contribution in [2.75, 3.05) is 26.0 Å². The Morgan fingerprint density at radius 3 is 2.67 bits per heavy atom. The Morgan fingerprint density at radius 1 is 1.47 bits per heavy atom. The fourth-order valence-corrected chi connectivity index (χ4v) is 2.05. The van der Waals surface area contributed by atoms with E-state index in [4.69, 9.17) is 4.74 Å². The number of carbonyl (C=O) groups excluding carboxylic acids is 1. The van der Waals surface area contributed by atoms with Gasteiger partial charge in [-0.25, -0.2) is 8.42 Å². The third kappa shape index (κ3) is 3.77. The number of carbonyl (C=O) groups is 1. The van der Waals surface area contributed by atoms with E-state index in [9.17, 15) is 13.2 Å². The molecule has 0 aromatic rings. The van der Waals surface area contributed by atoms with Crippen LogP contribution in [0, 0.1) is 5.92 Å². The molecule has 1 rings (SSSR count). The van der Waals surface area contributed by atoms with Crippen molar-refractivity contribution in [2.24, 2.45) is 5.92 Å². The third-order valence-electron chi connectivity index (χ3n) is 2.17. The minimum atomic E-state index is -3.48. The Kier molecular flexibility index (Phi) is 4.06. The zero-order valence-corrected chi connectivity index (χ0v) is 9.63. The van der Waals surface area contributed by atoms with Gasteiger partial charge in [-0.1, -0.05) is 6.92 Å². The number of rotatable bonds is 4. The maximum absolute atomic E-state index is 11.5. The Balaban J connectivity index is 2.58. The van der Waals surface area contributed by atoms with Crippen molar-refractivity contribution < 1.29 is 17.9 Å². The van der Waals surface area contributed by atoms with E-state index in [1.165, 1.54) is 0 Å². The van der Waals surface area contributed by atoms with Crippen LogP contribution in [-0.4, -0.2) is 46.4 Å². The highest BCUT2D eigenvalue weighted by Gasteiger charge is 2.34. The molecule has 0 bridgehead atoms. The van der Waals surface area contributed by atoms with Crippen molar-refractivity contribution >= 4 is 15.9 Å². The molecular weight excluding hydrogens is 220 g/mol. The second-order valence-corrected chi connectivity index (χ2v) is 5.30. The largest absolute Gasteiger partial charge is 0.379 e. The average molecular weight is 236 g/mol. The van der Waals surface area contributed by atoms with Crippen LogP contribution < -0.4 is 10.0 Å². The lowest BCUT2D eigenvalue weighted by molar-refractivity contribution is -0.123. The summed E-state index contributed by atoms with van der Waals surface area (Å²) in [5.74, 6) is -0.930. The number of sulfonamides is 1. The van der Waals surface area contributed by atoms with Crippen LogP contribution in [0.25, 0.3) is 0 Å². The smallest absolute Gasteiger partial charge is 0.240 e. The Labute approximate surface area is 89.4 Å². The molecule has 15 heavy (non-hydrogen) atoms. The van der Waals surface area contributed by atoms with Crippen LogP contribution in [0.15, 0.2) is 0 Å². The highest BCUT2D eigenvalue weighted by molar-refractivity contribution is 7.89. The molecule has 1 amide bonds. The molecule has 0 aliphatic carbocycles. The fourth-order valence-electron chi connectivity index (χ4n) is 1.53. The molecule has 1 fully saturated rings. The second-order valence-electron chi connectivity index (χ2n) is 3.55. The molecule has 2 N–H and O–H groups in total. The summed E-state index contributed by atoms with van der Waals surface area (Å²) in [6, 6.07) is -0.100. The molecule has 0 aromatic carbocycles. The molecule has 2 unspecified atom stereocenters. The third-order valence-corrected chi connectivity index (χ3v) is 2.74. The first-order chi connectivity index (χ1) is 6.94. The van der Waals surface area contributed by atoms with Crippen molar-refractivity contribution in [1.29, 1.82) is 0 Å². The Morgan fingerprint density at radius 2 is 2.13 bits per heavy atom. The number of ether oxygens (including phenoxy) is 1. The summed E-state index contributed by atoms with van der Waals surface area (Å²) < 4.78 is 28.8. The Hall–Kier alpha value is -0.660. The van der Waals surface area contributed by atoms with E-state index < -0.39 is 21.8 Å². The summed E-state index contributed by atoms with van der Waals surface area (Å²) in [4.78, 5) is 11.5. The molecule has 1 saturated heterocycles. The lowest BCUT2D eigenvalue weighted by Crippen LogP contribution is -2.45. The van der Waals surface area contributed by atoms with Gasteiger partial charge in [0.15, 0.2) is 0 Å². The zero-order valence-electron chi connectivity index (χ0n) is 8.82. The van der Waals surface area contributed by atoms with Gasteiger partial charge in [0.2, 0.25) is 15.9 Å². The van der Waals surface area contributed by atoms with Crippen molar-refractivity contribution in [3.63, 3.8) is 0 Å². The van der Waals surface area contributed by atoms with Gasteiger partial charge in [-0.15, -0.1) is 0 Å². The molecule has 0 saturated carbocycles. The first-order valence-electron chi connectivity index (χ1n) is 4.77. The van der Waals surface area contributed by atoms with E-state index in [0.717, 1.165) is 12.8 Å².